The van der Waals surface area contributed by atoms with E-state index in [0.29, 0.717) is 23.4 Å². The fourth-order valence-corrected chi connectivity index (χ4v) is 4.26. The summed E-state index contributed by atoms with van der Waals surface area (Å²) >= 11 is 0. The Kier molecular flexibility index (Phi) is 5.52. The second kappa shape index (κ2) is 7.72. The number of anilines is 2. The van der Waals surface area contributed by atoms with Gasteiger partial charge in [0.15, 0.2) is 5.82 Å². The predicted octanol–water partition coefficient (Wildman–Crippen LogP) is 1.81. The lowest BCUT2D eigenvalue weighted by atomic mass is 9.99. The second-order valence-electron chi connectivity index (χ2n) is 6.84. The van der Waals surface area contributed by atoms with Gasteiger partial charge >= 0.3 is 0 Å². The fourth-order valence-electron chi connectivity index (χ4n) is 2.90. The molecule has 1 unspecified atom stereocenters. The van der Waals surface area contributed by atoms with Crippen molar-refractivity contribution in [1.82, 2.24) is 9.88 Å². The summed E-state index contributed by atoms with van der Waals surface area (Å²) < 4.78 is 33.2. The van der Waals surface area contributed by atoms with Gasteiger partial charge in [0.2, 0.25) is 21.8 Å². The maximum atomic E-state index is 12.9. The van der Waals surface area contributed by atoms with E-state index in [-0.39, 0.29) is 29.0 Å². The smallest absolute Gasteiger partial charge is 0.244 e. The standard InChI is InChI=1S/C18H22N4O5S/c1-4-10(2)17(18(24)20-15-7-11(3)27-21-15)22-28(25,26)13-5-6-14-12(8-13)9-16(23)19-14/h5-8,10,17,22H,4,9H2,1-3H3,(H,19,23)(H,20,21,24)/t10?,17-/m0/s1. The molecule has 1 aromatic heterocycles. The molecule has 1 aliphatic rings. The predicted molar refractivity (Wildman–Crippen MR) is 102 cm³/mol. The zero-order valence-corrected chi connectivity index (χ0v) is 16.6. The van der Waals surface area contributed by atoms with Crippen molar-refractivity contribution in [2.24, 2.45) is 5.92 Å². The van der Waals surface area contributed by atoms with Crippen LogP contribution in [-0.2, 0) is 26.0 Å². The van der Waals surface area contributed by atoms with Gasteiger partial charge in [0.1, 0.15) is 11.8 Å². The quantitative estimate of drug-likeness (QED) is 0.643. The Balaban J connectivity index is 1.82. The fraction of sp³-hybridized carbons (Fsp3) is 0.389. The summed E-state index contributed by atoms with van der Waals surface area (Å²) in [5.74, 6) is -0.226. The van der Waals surface area contributed by atoms with Crippen molar-refractivity contribution in [3.05, 3.63) is 35.6 Å². The monoisotopic (exact) mass is 406 g/mol. The Morgan fingerprint density at radius 1 is 1.36 bits per heavy atom. The second-order valence-corrected chi connectivity index (χ2v) is 8.55. The molecule has 28 heavy (non-hydrogen) atoms. The normalized spacial score (nSPS) is 15.6. The molecular formula is C18H22N4O5S. The van der Waals surface area contributed by atoms with E-state index in [0.717, 1.165) is 0 Å². The third kappa shape index (κ3) is 4.23. The van der Waals surface area contributed by atoms with Crippen LogP contribution >= 0.6 is 0 Å². The van der Waals surface area contributed by atoms with Crippen LogP contribution in [0, 0.1) is 12.8 Å². The van der Waals surface area contributed by atoms with E-state index in [1.54, 1.807) is 26.0 Å². The highest BCUT2D eigenvalue weighted by molar-refractivity contribution is 7.89. The number of carbonyl (C=O) groups excluding carboxylic acids is 2. The zero-order chi connectivity index (χ0) is 20.5. The molecule has 2 atom stereocenters. The van der Waals surface area contributed by atoms with Gasteiger partial charge in [0, 0.05) is 11.8 Å². The molecule has 0 saturated heterocycles. The number of aromatic nitrogens is 1. The number of nitrogens with one attached hydrogen (secondary N) is 3. The first-order valence-electron chi connectivity index (χ1n) is 8.89. The minimum absolute atomic E-state index is 0.00105. The molecule has 3 N–H and O–H groups in total. The van der Waals surface area contributed by atoms with Crippen LogP contribution < -0.4 is 15.4 Å². The van der Waals surface area contributed by atoms with E-state index in [9.17, 15) is 18.0 Å². The van der Waals surface area contributed by atoms with E-state index in [1.807, 2.05) is 6.92 Å². The maximum Gasteiger partial charge on any atom is 0.244 e. The van der Waals surface area contributed by atoms with Gasteiger partial charge in [0.25, 0.3) is 0 Å². The molecular weight excluding hydrogens is 384 g/mol. The number of carbonyl (C=O) groups is 2. The molecule has 2 aromatic rings. The van der Waals surface area contributed by atoms with E-state index in [2.05, 4.69) is 20.5 Å². The maximum absolute atomic E-state index is 12.9. The zero-order valence-electron chi connectivity index (χ0n) is 15.8. The molecule has 1 aliphatic heterocycles. The minimum atomic E-state index is -3.98. The lowest BCUT2D eigenvalue weighted by Gasteiger charge is -2.23. The van der Waals surface area contributed by atoms with Crippen LogP contribution in [0.1, 0.15) is 31.6 Å². The molecule has 0 aliphatic carbocycles. The highest BCUT2D eigenvalue weighted by Gasteiger charge is 2.31. The Morgan fingerprint density at radius 3 is 2.75 bits per heavy atom. The van der Waals surface area contributed by atoms with Gasteiger partial charge in [0.05, 0.1) is 11.3 Å². The van der Waals surface area contributed by atoms with Crippen LogP contribution in [0.15, 0.2) is 33.7 Å². The van der Waals surface area contributed by atoms with Crippen LogP contribution in [0.2, 0.25) is 0 Å². The van der Waals surface area contributed by atoms with Gasteiger partial charge in [-0.2, -0.15) is 4.72 Å². The van der Waals surface area contributed by atoms with Crippen molar-refractivity contribution in [2.45, 2.75) is 44.6 Å². The van der Waals surface area contributed by atoms with E-state index in [4.69, 9.17) is 4.52 Å². The third-order valence-electron chi connectivity index (χ3n) is 4.67. The van der Waals surface area contributed by atoms with Gasteiger partial charge in [-0.1, -0.05) is 25.4 Å². The number of fused-ring (bicyclic) bond motifs is 1. The van der Waals surface area contributed by atoms with Crippen molar-refractivity contribution in [3.63, 3.8) is 0 Å². The van der Waals surface area contributed by atoms with Gasteiger partial charge in [-0.05, 0) is 36.6 Å². The highest BCUT2D eigenvalue weighted by atomic mass is 32.2. The summed E-state index contributed by atoms with van der Waals surface area (Å²) in [4.78, 5) is 24.2. The topological polar surface area (TPSA) is 130 Å². The van der Waals surface area contributed by atoms with Crippen molar-refractivity contribution >= 4 is 33.3 Å². The molecule has 1 aromatic carbocycles. The molecule has 0 fully saturated rings. The summed E-state index contributed by atoms with van der Waals surface area (Å²) in [5.41, 5.74) is 1.21. The summed E-state index contributed by atoms with van der Waals surface area (Å²) in [5, 5.41) is 8.93. The number of hydrogen-bond acceptors (Lipinski definition) is 6. The number of sulfonamides is 1. The molecule has 150 valence electrons. The lowest BCUT2D eigenvalue weighted by Crippen LogP contribution is -2.47. The van der Waals surface area contributed by atoms with Crippen molar-refractivity contribution < 1.29 is 22.5 Å². The summed E-state index contributed by atoms with van der Waals surface area (Å²) in [6.45, 7) is 5.34. The van der Waals surface area contributed by atoms with Gasteiger partial charge < -0.3 is 15.2 Å². The Labute approximate surface area is 162 Å². The Morgan fingerprint density at radius 2 is 2.11 bits per heavy atom. The van der Waals surface area contributed by atoms with Crippen LogP contribution in [0.5, 0.6) is 0 Å². The van der Waals surface area contributed by atoms with Crippen molar-refractivity contribution in [1.29, 1.82) is 0 Å². The number of hydrogen-bond donors (Lipinski definition) is 3. The number of aryl methyl sites for hydroxylation is 1. The average molecular weight is 406 g/mol. The Hall–Kier alpha value is -2.72. The van der Waals surface area contributed by atoms with E-state index >= 15 is 0 Å². The third-order valence-corrected chi connectivity index (χ3v) is 6.11. The van der Waals surface area contributed by atoms with E-state index < -0.39 is 22.0 Å². The summed E-state index contributed by atoms with van der Waals surface area (Å²) in [6, 6.07) is 4.94. The molecule has 0 bridgehead atoms. The summed E-state index contributed by atoms with van der Waals surface area (Å²) in [7, 11) is -3.98. The van der Waals surface area contributed by atoms with Crippen LogP contribution in [0.4, 0.5) is 11.5 Å². The molecule has 3 rings (SSSR count). The van der Waals surface area contributed by atoms with Crippen LogP contribution in [-0.4, -0.2) is 31.4 Å². The number of benzene rings is 1. The first kappa shape index (κ1) is 20.0. The molecule has 2 amide bonds. The first-order chi connectivity index (χ1) is 13.2. The van der Waals surface area contributed by atoms with Crippen LogP contribution in [0.3, 0.4) is 0 Å². The highest BCUT2D eigenvalue weighted by Crippen LogP contribution is 2.26. The average Bonchev–Trinajstić information content (AvgIpc) is 3.22. The van der Waals surface area contributed by atoms with Crippen molar-refractivity contribution in [3.8, 4) is 0 Å². The summed E-state index contributed by atoms with van der Waals surface area (Å²) in [6.07, 6.45) is 0.709. The molecule has 9 nitrogen and oxygen atoms in total. The lowest BCUT2D eigenvalue weighted by molar-refractivity contribution is -0.119. The molecule has 0 saturated carbocycles. The number of amides is 2. The largest absolute Gasteiger partial charge is 0.360 e. The molecule has 0 radical (unpaired) electrons. The van der Waals surface area contributed by atoms with Gasteiger partial charge in [-0.25, -0.2) is 8.42 Å². The molecule has 10 heteroatoms. The van der Waals surface area contributed by atoms with E-state index in [1.165, 1.54) is 12.1 Å². The van der Waals surface area contributed by atoms with Gasteiger partial charge in [-0.3, -0.25) is 9.59 Å². The Bertz CT molecular complexity index is 1010. The number of nitrogens with zero attached hydrogens (tertiary/aromatic N) is 1. The van der Waals surface area contributed by atoms with Gasteiger partial charge in [-0.15, -0.1) is 0 Å². The molecule has 0 spiro atoms. The van der Waals surface area contributed by atoms with Crippen LogP contribution in [0.25, 0.3) is 0 Å². The molecule has 2 heterocycles. The number of rotatable bonds is 7. The SMILES string of the molecule is CCC(C)[C@H](NS(=O)(=O)c1ccc2c(c1)CC(=O)N2)C(=O)Nc1cc(C)on1. The minimum Gasteiger partial charge on any atom is -0.360 e. The van der Waals surface area contributed by atoms with Crippen molar-refractivity contribution in [2.75, 3.05) is 10.6 Å². The first-order valence-corrected chi connectivity index (χ1v) is 10.4.